The fourth-order valence-corrected chi connectivity index (χ4v) is 4.56. The number of carbonyl (C=O) groups is 2. The highest BCUT2D eigenvalue weighted by molar-refractivity contribution is 7.92. The first-order valence-corrected chi connectivity index (χ1v) is 13.3. The van der Waals surface area contributed by atoms with Crippen LogP contribution in [0.3, 0.4) is 0 Å². The number of hydrogen-bond acceptors (Lipinski definition) is 6. The third-order valence-corrected chi connectivity index (χ3v) is 6.72. The molecule has 0 heterocycles. The largest absolute Gasteiger partial charge is 0.497 e. The average Bonchev–Trinajstić information content (AvgIpc) is 2.82. The van der Waals surface area contributed by atoms with Crippen LogP contribution in [0, 0.1) is 0 Å². The Balaban J connectivity index is 2.51. The molecular weight excluding hydrogens is 494 g/mol. The quantitative estimate of drug-likeness (QED) is 0.456. The minimum absolute atomic E-state index is 0.0957. The van der Waals surface area contributed by atoms with Gasteiger partial charge in [0.25, 0.3) is 0 Å². The van der Waals surface area contributed by atoms with Gasteiger partial charge in [-0.1, -0.05) is 30.7 Å². The summed E-state index contributed by atoms with van der Waals surface area (Å²) in [5, 5.41) is 3.29. The van der Waals surface area contributed by atoms with Crippen LogP contribution in [0.4, 0.5) is 5.69 Å². The number of benzene rings is 2. The van der Waals surface area contributed by atoms with Gasteiger partial charge < -0.3 is 19.7 Å². The molecule has 0 fully saturated rings. The second kappa shape index (κ2) is 12.6. The van der Waals surface area contributed by atoms with Crippen molar-refractivity contribution < 1.29 is 27.5 Å². The zero-order valence-corrected chi connectivity index (χ0v) is 22.1. The smallest absolute Gasteiger partial charge is 0.244 e. The number of methoxy groups -OCH3 is 2. The zero-order chi connectivity index (χ0) is 26.2. The molecule has 1 atom stereocenters. The van der Waals surface area contributed by atoms with Gasteiger partial charge in [0.2, 0.25) is 21.8 Å². The number of carbonyl (C=O) groups excluding carboxylic acids is 2. The molecule has 0 spiro atoms. The lowest BCUT2D eigenvalue weighted by atomic mass is 10.1. The van der Waals surface area contributed by atoms with Crippen LogP contribution in [-0.2, 0) is 26.2 Å². The second-order valence-corrected chi connectivity index (χ2v) is 10.1. The van der Waals surface area contributed by atoms with Crippen molar-refractivity contribution in [3.63, 3.8) is 0 Å². The third kappa shape index (κ3) is 7.50. The lowest BCUT2D eigenvalue weighted by molar-refractivity contribution is -0.140. The Morgan fingerprint density at radius 3 is 2.23 bits per heavy atom. The number of rotatable bonds is 12. The van der Waals surface area contributed by atoms with Gasteiger partial charge in [-0.05, 0) is 43.2 Å². The highest BCUT2D eigenvalue weighted by Gasteiger charge is 2.32. The van der Waals surface area contributed by atoms with Crippen molar-refractivity contribution in [2.75, 3.05) is 37.9 Å². The summed E-state index contributed by atoms with van der Waals surface area (Å²) in [7, 11) is -1.06. The van der Waals surface area contributed by atoms with E-state index in [9.17, 15) is 18.0 Å². The summed E-state index contributed by atoms with van der Waals surface area (Å²) in [6, 6.07) is 10.8. The lowest BCUT2D eigenvalue weighted by Crippen LogP contribution is -2.52. The van der Waals surface area contributed by atoms with E-state index in [1.54, 1.807) is 50.2 Å². The Labute approximate surface area is 212 Å². The molecule has 0 aliphatic carbocycles. The first-order valence-electron chi connectivity index (χ1n) is 11.1. The Bertz CT molecular complexity index is 1120. The molecule has 0 aliphatic rings. The first kappa shape index (κ1) is 28.3. The number of likely N-dealkylation sites (N-methyl/N-ethyl adjacent to an activating group) is 1. The van der Waals surface area contributed by atoms with E-state index in [0.29, 0.717) is 23.7 Å². The number of anilines is 1. The van der Waals surface area contributed by atoms with E-state index in [2.05, 4.69) is 5.32 Å². The molecule has 35 heavy (non-hydrogen) atoms. The summed E-state index contributed by atoms with van der Waals surface area (Å²) in [4.78, 5) is 27.8. The molecule has 192 valence electrons. The van der Waals surface area contributed by atoms with Crippen molar-refractivity contribution in [2.45, 2.75) is 32.9 Å². The van der Waals surface area contributed by atoms with Crippen molar-refractivity contribution in [2.24, 2.45) is 0 Å². The van der Waals surface area contributed by atoms with Crippen LogP contribution in [0.5, 0.6) is 11.5 Å². The number of nitrogens with zero attached hydrogens (tertiary/aromatic N) is 2. The maximum atomic E-state index is 13.6. The average molecular weight is 526 g/mol. The monoisotopic (exact) mass is 525 g/mol. The van der Waals surface area contributed by atoms with Gasteiger partial charge in [0.1, 0.15) is 24.1 Å². The summed E-state index contributed by atoms with van der Waals surface area (Å²) in [5.41, 5.74) is 0.899. The van der Waals surface area contributed by atoms with Gasteiger partial charge in [0, 0.05) is 24.2 Å². The van der Waals surface area contributed by atoms with Gasteiger partial charge in [-0.2, -0.15) is 0 Å². The third-order valence-electron chi connectivity index (χ3n) is 5.34. The number of nitrogens with one attached hydrogen (secondary N) is 1. The molecule has 0 unspecified atom stereocenters. The fraction of sp³-hybridized carbons (Fsp3) is 0.417. The van der Waals surface area contributed by atoms with Crippen molar-refractivity contribution >= 4 is 39.1 Å². The maximum Gasteiger partial charge on any atom is 0.244 e. The molecule has 0 bridgehead atoms. The van der Waals surface area contributed by atoms with Crippen LogP contribution in [-0.4, -0.2) is 64.7 Å². The maximum absolute atomic E-state index is 13.6. The van der Waals surface area contributed by atoms with Gasteiger partial charge in [-0.15, -0.1) is 0 Å². The van der Waals surface area contributed by atoms with Crippen LogP contribution in [0.1, 0.15) is 25.8 Å². The minimum Gasteiger partial charge on any atom is -0.497 e. The summed E-state index contributed by atoms with van der Waals surface area (Å²) in [6.07, 6.45) is 1.34. The Morgan fingerprint density at radius 1 is 1.06 bits per heavy atom. The van der Waals surface area contributed by atoms with E-state index in [-0.39, 0.29) is 23.9 Å². The first-order chi connectivity index (χ1) is 16.5. The topological polar surface area (TPSA) is 105 Å². The van der Waals surface area contributed by atoms with Gasteiger partial charge in [-0.3, -0.25) is 13.9 Å². The van der Waals surface area contributed by atoms with Crippen LogP contribution < -0.4 is 19.1 Å². The van der Waals surface area contributed by atoms with Crippen molar-refractivity contribution in [3.05, 3.63) is 53.1 Å². The van der Waals surface area contributed by atoms with Crippen LogP contribution in [0.15, 0.2) is 42.5 Å². The van der Waals surface area contributed by atoms with E-state index in [0.717, 1.165) is 16.1 Å². The van der Waals surface area contributed by atoms with Crippen LogP contribution in [0.2, 0.25) is 5.02 Å². The van der Waals surface area contributed by atoms with E-state index in [1.807, 2.05) is 0 Å². The molecule has 0 radical (unpaired) electrons. The van der Waals surface area contributed by atoms with Gasteiger partial charge in [-0.25, -0.2) is 8.42 Å². The number of amides is 2. The highest BCUT2D eigenvalue weighted by atomic mass is 35.5. The fourth-order valence-electron chi connectivity index (χ4n) is 3.58. The summed E-state index contributed by atoms with van der Waals surface area (Å²) in [6.45, 7) is 3.54. The van der Waals surface area contributed by atoms with E-state index in [1.165, 1.54) is 25.2 Å². The van der Waals surface area contributed by atoms with Crippen molar-refractivity contribution in [1.82, 2.24) is 10.2 Å². The molecule has 0 saturated carbocycles. The molecule has 0 aromatic heterocycles. The minimum atomic E-state index is -3.91. The summed E-state index contributed by atoms with van der Waals surface area (Å²) < 4.78 is 37.1. The molecule has 1 N–H and O–H groups in total. The molecule has 2 rings (SSSR count). The highest BCUT2D eigenvalue weighted by Crippen LogP contribution is 2.34. The molecule has 9 nitrogen and oxygen atoms in total. The molecule has 11 heteroatoms. The molecule has 2 aromatic rings. The SMILES string of the molecule is CCNC(=O)[C@H](CC)N(Cc1ccc(Cl)cc1)C(=O)CN(c1cc(OC)ccc1OC)S(C)(=O)=O. The summed E-state index contributed by atoms with van der Waals surface area (Å²) in [5.74, 6) is -0.215. The number of sulfonamides is 1. The standard InChI is InChI=1S/C24H32ClN3O6S/c1-6-20(24(30)26-7-2)27(15-17-8-10-18(25)11-9-17)23(29)16-28(35(5,31)32)21-14-19(33-3)12-13-22(21)34-4/h8-14,20H,6-7,15-16H2,1-5H3,(H,26,30)/t20-/m0/s1. The van der Waals surface area contributed by atoms with Gasteiger partial charge >= 0.3 is 0 Å². The lowest BCUT2D eigenvalue weighted by Gasteiger charge is -2.33. The number of halogens is 1. The molecule has 0 aliphatic heterocycles. The molecule has 0 saturated heterocycles. The van der Waals surface area contributed by atoms with E-state index < -0.39 is 28.5 Å². The Morgan fingerprint density at radius 2 is 1.71 bits per heavy atom. The summed E-state index contributed by atoms with van der Waals surface area (Å²) >= 11 is 5.99. The molecular formula is C24H32ClN3O6S. The van der Waals surface area contributed by atoms with Crippen LogP contribution >= 0.6 is 11.6 Å². The van der Waals surface area contributed by atoms with Crippen LogP contribution in [0.25, 0.3) is 0 Å². The number of hydrogen-bond donors (Lipinski definition) is 1. The predicted octanol–water partition coefficient (Wildman–Crippen LogP) is 3.07. The van der Waals surface area contributed by atoms with Crippen molar-refractivity contribution in [1.29, 1.82) is 0 Å². The zero-order valence-electron chi connectivity index (χ0n) is 20.6. The Hall–Kier alpha value is -2.98. The van der Waals surface area contributed by atoms with E-state index in [4.69, 9.17) is 21.1 Å². The predicted molar refractivity (Wildman–Crippen MR) is 137 cm³/mol. The van der Waals surface area contributed by atoms with Crippen molar-refractivity contribution in [3.8, 4) is 11.5 Å². The Kier molecular flexibility index (Phi) is 10.2. The second-order valence-electron chi connectivity index (χ2n) is 7.77. The van der Waals surface area contributed by atoms with Gasteiger partial charge in [0.05, 0.1) is 26.2 Å². The number of ether oxygens (including phenoxy) is 2. The normalized spacial score (nSPS) is 11.9. The molecule has 2 amide bonds. The molecule has 2 aromatic carbocycles. The van der Waals surface area contributed by atoms with Gasteiger partial charge in [0.15, 0.2) is 0 Å². The van der Waals surface area contributed by atoms with E-state index >= 15 is 0 Å².